The average molecular weight is 235 g/mol. The highest BCUT2D eigenvalue weighted by atomic mass is 19.1. The second-order valence-corrected chi connectivity index (χ2v) is 5.66. The zero-order valence-corrected chi connectivity index (χ0v) is 10.8. The molecule has 1 saturated heterocycles. The number of piperidine rings is 1. The molecule has 1 N–H and O–H groups in total. The molecule has 1 aromatic rings. The molecule has 0 aliphatic carbocycles. The van der Waals surface area contributed by atoms with Crippen molar-refractivity contribution in [2.45, 2.75) is 44.7 Å². The molecule has 0 unspecified atom stereocenters. The molecule has 1 heterocycles. The van der Waals surface area contributed by atoms with E-state index in [-0.39, 0.29) is 0 Å². The molecule has 0 spiro atoms. The van der Waals surface area contributed by atoms with Crippen LogP contribution in [0, 0.1) is 0 Å². The van der Waals surface area contributed by atoms with Crippen molar-refractivity contribution in [1.82, 2.24) is 5.32 Å². The van der Waals surface area contributed by atoms with Gasteiger partial charge in [-0.2, -0.15) is 0 Å². The van der Waals surface area contributed by atoms with Crippen LogP contribution in [0.25, 0.3) is 0 Å². The van der Waals surface area contributed by atoms with E-state index in [1.807, 2.05) is 0 Å². The van der Waals surface area contributed by atoms with Crippen molar-refractivity contribution in [3.8, 4) is 0 Å². The maximum absolute atomic E-state index is 13.5. The van der Waals surface area contributed by atoms with Gasteiger partial charge in [-0.25, -0.2) is 4.39 Å². The Kier molecular flexibility index (Phi) is 3.82. The second kappa shape index (κ2) is 5.18. The molecule has 2 heteroatoms. The van der Waals surface area contributed by atoms with Gasteiger partial charge >= 0.3 is 0 Å². The first-order chi connectivity index (χ1) is 8.04. The summed E-state index contributed by atoms with van der Waals surface area (Å²) in [5.74, 6) is 0.684. The lowest BCUT2D eigenvalue weighted by Gasteiger charge is -2.23. The van der Waals surface area contributed by atoms with E-state index in [0.717, 1.165) is 18.7 Å². The first-order valence-corrected chi connectivity index (χ1v) is 6.53. The van der Waals surface area contributed by atoms with Gasteiger partial charge in [0, 0.05) is 6.42 Å². The van der Waals surface area contributed by atoms with E-state index in [1.54, 1.807) is 13.8 Å². The summed E-state index contributed by atoms with van der Waals surface area (Å²) in [4.78, 5) is 0. The molecule has 1 aromatic carbocycles. The van der Waals surface area contributed by atoms with Gasteiger partial charge in [-0.3, -0.25) is 0 Å². The summed E-state index contributed by atoms with van der Waals surface area (Å²) in [5, 5.41) is 3.38. The summed E-state index contributed by atoms with van der Waals surface area (Å²) in [7, 11) is 0. The lowest BCUT2D eigenvalue weighted by molar-refractivity contribution is 0.217. The minimum Gasteiger partial charge on any atom is -0.317 e. The topological polar surface area (TPSA) is 12.0 Å². The minimum absolute atomic E-state index is 0.500. The van der Waals surface area contributed by atoms with Crippen LogP contribution >= 0.6 is 0 Å². The highest BCUT2D eigenvalue weighted by molar-refractivity contribution is 5.26. The van der Waals surface area contributed by atoms with E-state index >= 15 is 0 Å². The zero-order valence-electron chi connectivity index (χ0n) is 10.8. The van der Waals surface area contributed by atoms with Crippen LogP contribution in [-0.2, 0) is 6.42 Å². The van der Waals surface area contributed by atoms with Crippen molar-refractivity contribution in [3.63, 3.8) is 0 Å². The van der Waals surface area contributed by atoms with Gasteiger partial charge in [0.15, 0.2) is 0 Å². The Balaban J connectivity index is 2.02. The van der Waals surface area contributed by atoms with Crippen molar-refractivity contribution in [1.29, 1.82) is 0 Å². The van der Waals surface area contributed by atoms with Crippen molar-refractivity contribution in [2.75, 3.05) is 13.1 Å². The van der Waals surface area contributed by atoms with Gasteiger partial charge in [0.25, 0.3) is 0 Å². The third-order valence-electron chi connectivity index (χ3n) is 3.41. The van der Waals surface area contributed by atoms with Gasteiger partial charge in [0.1, 0.15) is 5.67 Å². The van der Waals surface area contributed by atoms with Crippen LogP contribution in [0.2, 0.25) is 0 Å². The zero-order chi connectivity index (χ0) is 12.3. The molecule has 1 aliphatic rings. The minimum atomic E-state index is -1.11. The molecule has 2 rings (SSSR count). The Hall–Kier alpha value is -0.890. The van der Waals surface area contributed by atoms with Gasteiger partial charge in [-0.15, -0.1) is 0 Å². The Morgan fingerprint density at radius 3 is 2.29 bits per heavy atom. The molecular weight excluding hydrogens is 213 g/mol. The SMILES string of the molecule is CC(C)(F)Cc1ccc(C2CCNCC2)cc1. The fourth-order valence-electron chi connectivity index (χ4n) is 2.55. The summed E-state index contributed by atoms with van der Waals surface area (Å²) in [5.41, 5.74) is 1.39. The molecule has 1 aliphatic heterocycles. The van der Waals surface area contributed by atoms with E-state index in [4.69, 9.17) is 0 Å². The Morgan fingerprint density at radius 2 is 1.76 bits per heavy atom. The molecule has 1 fully saturated rings. The van der Waals surface area contributed by atoms with Gasteiger partial charge in [0.2, 0.25) is 0 Å². The Labute approximate surface area is 103 Å². The van der Waals surface area contributed by atoms with Crippen molar-refractivity contribution >= 4 is 0 Å². The fraction of sp³-hybridized carbons (Fsp3) is 0.600. The first-order valence-electron chi connectivity index (χ1n) is 6.53. The summed E-state index contributed by atoms with van der Waals surface area (Å²) in [6.07, 6.45) is 2.93. The van der Waals surface area contributed by atoms with Crippen LogP contribution in [0.4, 0.5) is 4.39 Å². The maximum Gasteiger partial charge on any atom is 0.109 e. The highest BCUT2D eigenvalue weighted by Crippen LogP contribution is 2.26. The third kappa shape index (κ3) is 3.81. The summed E-state index contributed by atoms with van der Waals surface area (Å²) >= 11 is 0. The molecule has 0 atom stereocenters. The summed E-state index contributed by atoms with van der Waals surface area (Å²) < 4.78 is 13.5. The molecule has 1 nitrogen and oxygen atoms in total. The number of hydrogen-bond donors (Lipinski definition) is 1. The molecule has 0 amide bonds. The molecule has 0 radical (unpaired) electrons. The third-order valence-corrected chi connectivity index (χ3v) is 3.41. The van der Waals surface area contributed by atoms with E-state index in [1.165, 1.54) is 18.4 Å². The molecule has 0 aromatic heterocycles. The van der Waals surface area contributed by atoms with Gasteiger partial charge in [-0.05, 0) is 56.8 Å². The van der Waals surface area contributed by atoms with Crippen molar-refractivity contribution < 1.29 is 4.39 Å². The quantitative estimate of drug-likeness (QED) is 0.846. The number of benzene rings is 1. The van der Waals surface area contributed by atoms with E-state index < -0.39 is 5.67 Å². The first kappa shape index (κ1) is 12.6. The normalized spacial score (nSPS) is 18.3. The molecular formula is C15H22FN. The van der Waals surface area contributed by atoms with Crippen molar-refractivity contribution in [3.05, 3.63) is 35.4 Å². The highest BCUT2D eigenvalue weighted by Gasteiger charge is 2.17. The van der Waals surface area contributed by atoms with E-state index in [9.17, 15) is 4.39 Å². The standard InChI is InChI=1S/C15H22FN/c1-15(2,16)11-12-3-5-13(6-4-12)14-7-9-17-10-8-14/h3-6,14,17H,7-11H2,1-2H3. The van der Waals surface area contributed by atoms with Crippen LogP contribution in [-0.4, -0.2) is 18.8 Å². The average Bonchev–Trinajstić information content (AvgIpc) is 2.29. The van der Waals surface area contributed by atoms with Gasteiger partial charge in [0.05, 0.1) is 0 Å². The number of halogens is 1. The number of alkyl halides is 1. The summed E-state index contributed by atoms with van der Waals surface area (Å²) in [6.45, 7) is 5.50. The fourth-order valence-corrected chi connectivity index (χ4v) is 2.55. The second-order valence-electron chi connectivity index (χ2n) is 5.66. The lowest BCUT2D eigenvalue weighted by atomic mass is 9.89. The Bertz CT molecular complexity index is 344. The van der Waals surface area contributed by atoms with Crippen LogP contribution in [0.1, 0.15) is 43.7 Å². The lowest BCUT2D eigenvalue weighted by Crippen LogP contribution is -2.26. The predicted octanol–water partition coefficient (Wildman–Crippen LogP) is 3.44. The monoisotopic (exact) mass is 235 g/mol. The molecule has 0 bridgehead atoms. The largest absolute Gasteiger partial charge is 0.317 e. The van der Waals surface area contributed by atoms with Gasteiger partial charge < -0.3 is 5.32 Å². The smallest absolute Gasteiger partial charge is 0.109 e. The van der Waals surface area contributed by atoms with Crippen LogP contribution in [0.15, 0.2) is 24.3 Å². The van der Waals surface area contributed by atoms with E-state index in [0.29, 0.717) is 12.3 Å². The maximum atomic E-state index is 13.5. The molecule has 17 heavy (non-hydrogen) atoms. The predicted molar refractivity (Wildman–Crippen MR) is 70.2 cm³/mol. The number of rotatable bonds is 3. The number of hydrogen-bond acceptors (Lipinski definition) is 1. The Morgan fingerprint density at radius 1 is 1.18 bits per heavy atom. The van der Waals surface area contributed by atoms with E-state index in [2.05, 4.69) is 29.6 Å². The van der Waals surface area contributed by atoms with Gasteiger partial charge in [-0.1, -0.05) is 24.3 Å². The summed E-state index contributed by atoms with van der Waals surface area (Å²) in [6, 6.07) is 8.52. The molecule has 0 saturated carbocycles. The molecule has 94 valence electrons. The number of nitrogens with one attached hydrogen (secondary N) is 1. The van der Waals surface area contributed by atoms with Crippen LogP contribution in [0.3, 0.4) is 0 Å². The van der Waals surface area contributed by atoms with Crippen LogP contribution < -0.4 is 5.32 Å². The van der Waals surface area contributed by atoms with Crippen LogP contribution in [0.5, 0.6) is 0 Å². The van der Waals surface area contributed by atoms with Crippen molar-refractivity contribution in [2.24, 2.45) is 0 Å².